The summed E-state index contributed by atoms with van der Waals surface area (Å²) in [5.74, 6) is 1.47. The van der Waals surface area contributed by atoms with Crippen LogP contribution in [0.3, 0.4) is 0 Å². The van der Waals surface area contributed by atoms with Crippen LogP contribution in [0.1, 0.15) is 50.7 Å². The maximum Gasteiger partial charge on any atom is 0.00389 e. The lowest BCUT2D eigenvalue weighted by Crippen LogP contribution is -2.37. The minimum atomic E-state index is 0.640. The van der Waals surface area contributed by atoms with E-state index in [2.05, 4.69) is 50.4 Å². The van der Waals surface area contributed by atoms with Crippen molar-refractivity contribution in [3.05, 3.63) is 35.4 Å². The van der Waals surface area contributed by atoms with Gasteiger partial charge in [0.25, 0.3) is 0 Å². The van der Waals surface area contributed by atoms with E-state index in [-0.39, 0.29) is 0 Å². The summed E-state index contributed by atoms with van der Waals surface area (Å²) < 4.78 is 0. The molecule has 0 aliphatic carbocycles. The predicted octanol–water partition coefficient (Wildman–Crippen LogP) is 3.74. The van der Waals surface area contributed by atoms with E-state index in [0.29, 0.717) is 5.92 Å². The molecular weight excluding hydrogens is 206 g/mol. The van der Waals surface area contributed by atoms with Gasteiger partial charge in [-0.3, -0.25) is 0 Å². The van der Waals surface area contributed by atoms with Crippen molar-refractivity contribution in [3.63, 3.8) is 0 Å². The van der Waals surface area contributed by atoms with Crippen LogP contribution in [-0.4, -0.2) is 12.6 Å². The molecule has 1 saturated heterocycles. The number of benzene rings is 1. The zero-order valence-electron chi connectivity index (χ0n) is 11.4. The number of nitrogens with one attached hydrogen (secondary N) is 1. The topological polar surface area (TPSA) is 12.0 Å². The standard InChI is InChI=1S/C16H25N/c1-12(2)16-8-6-14(7-9-16)10-15-5-4-13(3)17-11-15/h6-9,12-13,15,17H,4-5,10-11H2,1-3H3. The Balaban J connectivity index is 1.90. The van der Waals surface area contributed by atoms with E-state index >= 15 is 0 Å². The van der Waals surface area contributed by atoms with Crippen LogP contribution >= 0.6 is 0 Å². The highest BCUT2D eigenvalue weighted by molar-refractivity contribution is 5.25. The third-order valence-corrected chi connectivity index (χ3v) is 3.93. The first-order chi connectivity index (χ1) is 8.15. The molecule has 0 spiro atoms. The van der Waals surface area contributed by atoms with Gasteiger partial charge in [0, 0.05) is 6.04 Å². The molecule has 1 fully saturated rings. The average molecular weight is 231 g/mol. The zero-order valence-corrected chi connectivity index (χ0v) is 11.4. The molecular formula is C16H25N. The summed E-state index contributed by atoms with van der Waals surface area (Å²) in [5, 5.41) is 3.58. The lowest BCUT2D eigenvalue weighted by molar-refractivity contribution is 0.322. The van der Waals surface area contributed by atoms with Gasteiger partial charge in [-0.2, -0.15) is 0 Å². The number of hydrogen-bond acceptors (Lipinski definition) is 1. The molecule has 1 aromatic carbocycles. The van der Waals surface area contributed by atoms with Crippen LogP contribution in [0.15, 0.2) is 24.3 Å². The van der Waals surface area contributed by atoms with Crippen molar-refractivity contribution in [1.82, 2.24) is 5.32 Å². The molecule has 94 valence electrons. The molecule has 2 atom stereocenters. The highest BCUT2D eigenvalue weighted by Crippen LogP contribution is 2.21. The highest BCUT2D eigenvalue weighted by atomic mass is 14.9. The molecule has 1 heterocycles. The van der Waals surface area contributed by atoms with Crippen molar-refractivity contribution in [1.29, 1.82) is 0 Å². The molecule has 2 rings (SSSR count). The van der Waals surface area contributed by atoms with Crippen LogP contribution in [0.5, 0.6) is 0 Å². The Hall–Kier alpha value is -0.820. The van der Waals surface area contributed by atoms with Crippen molar-refractivity contribution in [2.24, 2.45) is 5.92 Å². The summed E-state index contributed by atoms with van der Waals surface area (Å²) in [7, 11) is 0. The molecule has 1 N–H and O–H groups in total. The van der Waals surface area contributed by atoms with E-state index in [4.69, 9.17) is 0 Å². The van der Waals surface area contributed by atoms with Crippen LogP contribution in [0.4, 0.5) is 0 Å². The maximum absolute atomic E-state index is 3.58. The Morgan fingerprint density at radius 3 is 2.41 bits per heavy atom. The van der Waals surface area contributed by atoms with E-state index in [0.717, 1.165) is 12.0 Å². The number of hydrogen-bond donors (Lipinski definition) is 1. The molecule has 2 unspecified atom stereocenters. The summed E-state index contributed by atoms with van der Waals surface area (Å²) in [5.41, 5.74) is 2.94. The lowest BCUT2D eigenvalue weighted by Gasteiger charge is -2.27. The smallest absolute Gasteiger partial charge is 0.00389 e. The molecule has 1 aromatic rings. The Kier molecular flexibility index (Phi) is 4.22. The van der Waals surface area contributed by atoms with Crippen molar-refractivity contribution in [3.8, 4) is 0 Å². The van der Waals surface area contributed by atoms with E-state index in [1.54, 1.807) is 0 Å². The Bertz CT molecular complexity index is 331. The first kappa shape index (κ1) is 12.6. The summed E-state index contributed by atoms with van der Waals surface area (Å²) in [6.07, 6.45) is 3.94. The zero-order chi connectivity index (χ0) is 12.3. The molecule has 0 bridgehead atoms. The minimum absolute atomic E-state index is 0.640. The van der Waals surface area contributed by atoms with Crippen LogP contribution in [-0.2, 0) is 6.42 Å². The average Bonchev–Trinajstić information content (AvgIpc) is 2.33. The molecule has 17 heavy (non-hydrogen) atoms. The van der Waals surface area contributed by atoms with Crippen molar-refractivity contribution in [2.75, 3.05) is 6.54 Å². The van der Waals surface area contributed by atoms with Gasteiger partial charge < -0.3 is 5.32 Å². The first-order valence-corrected chi connectivity index (χ1v) is 6.97. The Labute approximate surface area is 106 Å². The van der Waals surface area contributed by atoms with Gasteiger partial charge in [-0.15, -0.1) is 0 Å². The fourth-order valence-corrected chi connectivity index (χ4v) is 2.60. The molecule has 1 nitrogen and oxygen atoms in total. The summed E-state index contributed by atoms with van der Waals surface area (Å²) in [4.78, 5) is 0. The van der Waals surface area contributed by atoms with E-state index in [9.17, 15) is 0 Å². The monoisotopic (exact) mass is 231 g/mol. The number of rotatable bonds is 3. The highest BCUT2D eigenvalue weighted by Gasteiger charge is 2.17. The predicted molar refractivity (Wildman–Crippen MR) is 74.4 cm³/mol. The molecule has 1 aliphatic rings. The van der Waals surface area contributed by atoms with Crippen LogP contribution < -0.4 is 5.32 Å². The van der Waals surface area contributed by atoms with E-state index in [1.807, 2.05) is 0 Å². The molecule has 1 aliphatic heterocycles. The summed E-state index contributed by atoms with van der Waals surface area (Å²) in [6, 6.07) is 9.92. The fourth-order valence-electron chi connectivity index (χ4n) is 2.60. The van der Waals surface area contributed by atoms with Gasteiger partial charge >= 0.3 is 0 Å². The lowest BCUT2D eigenvalue weighted by atomic mass is 9.89. The molecule has 1 heteroatoms. The van der Waals surface area contributed by atoms with Crippen molar-refractivity contribution in [2.45, 2.75) is 52.0 Å². The largest absolute Gasteiger partial charge is 0.314 e. The quantitative estimate of drug-likeness (QED) is 0.835. The first-order valence-electron chi connectivity index (χ1n) is 6.97. The second-order valence-electron chi connectivity index (χ2n) is 5.85. The van der Waals surface area contributed by atoms with Crippen molar-refractivity contribution < 1.29 is 0 Å². The van der Waals surface area contributed by atoms with E-state index in [1.165, 1.54) is 36.9 Å². The van der Waals surface area contributed by atoms with Crippen LogP contribution in [0, 0.1) is 5.92 Å². The van der Waals surface area contributed by atoms with Crippen LogP contribution in [0.2, 0.25) is 0 Å². The minimum Gasteiger partial charge on any atom is -0.314 e. The van der Waals surface area contributed by atoms with Gasteiger partial charge in [-0.05, 0) is 55.7 Å². The second-order valence-corrected chi connectivity index (χ2v) is 5.85. The van der Waals surface area contributed by atoms with Crippen LogP contribution in [0.25, 0.3) is 0 Å². The summed E-state index contributed by atoms with van der Waals surface area (Å²) in [6.45, 7) is 7.98. The van der Waals surface area contributed by atoms with Gasteiger partial charge in [-0.1, -0.05) is 38.1 Å². The van der Waals surface area contributed by atoms with Gasteiger partial charge in [-0.25, -0.2) is 0 Å². The van der Waals surface area contributed by atoms with Gasteiger partial charge in [0.05, 0.1) is 0 Å². The summed E-state index contributed by atoms with van der Waals surface area (Å²) >= 11 is 0. The van der Waals surface area contributed by atoms with Crippen molar-refractivity contribution >= 4 is 0 Å². The van der Waals surface area contributed by atoms with Gasteiger partial charge in [0.2, 0.25) is 0 Å². The third kappa shape index (κ3) is 3.57. The number of piperidine rings is 1. The SMILES string of the molecule is CC1CCC(Cc2ccc(C(C)C)cc2)CN1. The Morgan fingerprint density at radius 1 is 1.18 bits per heavy atom. The third-order valence-electron chi connectivity index (χ3n) is 3.93. The van der Waals surface area contributed by atoms with Gasteiger partial charge in [0.1, 0.15) is 0 Å². The maximum atomic E-state index is 3.58. The van der Waals surface area contributed by atoms with E-state index < -0.39 is 0 Å². The Morgan fingerprint density at radius 2 is 1.88 bits per heavy atom. The van der Waals surface area contributed by atoms with Gasteiger partial charge in [0.15, 0.2) is 0 Å². The molecule has 0 amide bonds. The molecule has 0 saturated carbocycles. The fraction of sp³-hybridized carbons (Fsp3) is 0.625. The normalized spacial score (nSPS) is 25.2. The second kappa shape index (κ2) is 5.68. The molecule has 0 radical (unpaired) electrons. The molecule has 0 aromatic heterocycles.